The van der Waals surface area contributed by atoms with Gasteiger partial charge in [-0.25, -0.2) is 8.42 Å². The van der Waals surface area contributed by atoms with Gasteiger partial charge in [-0.15, -0.1) is 0 Å². The average Bonchev–Trinajstić information content (AvgIpc) is 2.56. The number of likely N-dealkylation sites (N-methyl/N-ethyl adjacent to an activating group) is 1. The Balaban J connectivity index is 2.04. The van der Waals surface area contributed by atoms with Gasteiger partial charge < -0.3 is 10.1 Å². The number of carbonyl (C=O) groups excluding carboxylic acids is 2. The number of hydrogen-bond acceptors (Lipinski definition) is 5. The van der Waals surface area contributed by atoms with Gasteiger partial charge in [-0.3, -0.25) is 9.59 Å². The number of benzene rings is 2. The van der Waals surface area contributed by atoms with Crippen molar-refractivity contribution in [3.05, 3.63) is 53.6 Å². The van der Waals surface area contributed by atoms with E-state index in [2.05, 4.69) is 5.32 Å². The number of hydrogen-bond donors (Lipinski definition) is 1. The van der Waals surface area contributed by atoms with Crippen molar-refractivity contribution < 1.29 is 22.7 Å². The number of sulfonamides is 1. The lowest BCUT2D eigenvalue weighted by Crippen LogP contribution is -2.34. The number of halogens is 1. The molecule has 0 saturated heterocycles. The Kier molecular flexibility index (Phi) is 6.36. The Labute approximate surface area is 156 Å². The van der Waals surface area contributed by atoms with Crippen LogP contribution in [0.5, 0.6) is 5.75 Å². The normalized spacial score (nSPS) is 11.2. The zero-order valence-corrected chi connectivity index (χ0v) is 15.7. The minimum absolute atomic E-state index is 0.00612. The number of esters is 1. The van der Waals surface area contributed by atoms with Crippen molar-refractivity contribution in [3.8, 4) is 5.75 Å². The molecule has 9 heteroatoms. The molecular weight excluding hydrogens is 380 g/mol. The fourth-order valence-electron chi connectivity index (χ4n) is 2.03. The van der Waals surface area contributed by atoms with Gasteiger partial charge in [0.25, 0.3) is 0 Å². The molecule has 0 saturated carbocycles. The predicted octanol–water partition coefficient (Wildman–Crippen LogP) is 2.52. The highest BCUT2D eigenvalue weighted by atomic mass is 35.5. The van der Waals surface area contributed by atoms with Crippen LogP contribution in [0, 0.1) is 0 Å². The number of carbonyl (C=O) groups is 2. The van der Waals surface area contributed by atoms with E-state index < -0.39 is 22.5 Å². The van der Waals surface area contributed by atoms with Crippen molar-refractivity contribution in [2.24, 2.45) is 0 Å². The van der Waals surface area contributed by atoms with Crippen LogP contribution in [-0.2, 0) is 19.6 Å². The first-order valence-electron chi connectivity index (χ1n) is 7.49. The summed E-state index contributed by atoms with van der Waals surface area (Å²) in [5.74, 6) is -0.721. The number of ether oxygens (including phenoxy) is 1. The van der Waals surface area contributed by atoms with E-state index in [1.807, 2.05) is 0 Å². The summed E-state index contributed by atoms with van der Waals surface area (Å²) >= 11 is 5.75. The zero-order valence-electron chi connectivity index (χ0n) is 14.1. The highest BCUT2D eigenvalue weighted by Crippen LogP contribution is 2.19. The molecule has 2 rings (SSSR count). The van der Waals surface area contributed by atoms with Gasteiger partial charge >= 0.3 is 5.97 Å². The average molecular weight is 397 g/mol. The standard InChI is InChI=1S/C17H17ClN2O5S/c1-12(21)19-14-5-9-16(10-6-14)26(23,24)20(2)11-17(22)25-15-7-3-13(18)4-8-15/h3-10H,11H2,1-2H3,(H,19,21). The highest BCUT2D eigenvalue weighted by Gasteiger charge is 2.23. The molecule has 138 valence electrons. The van der Waals surface area contributed by atoms with Crippen LogP contribution in [0.1, 0.15) is 6.92 Å². The molecule has 26 heavy (non-hydrogen) atoms. The van der Waals surface area contributed by atoms with Crippen molar-refractivity contribution in [2.75, 3.05) is 18.9 Å². The van der Waals surface area contributed by atoms with Crippen molar-refractivity contribution in [1.82, 2.24) is 4.31 Å². The maximum Gasteiger partial charge on any atom is 0.326 e. The van der Waals surface area contributed by atoms with Crippen LogP contribution in [0.2, 0.25) is 5.02 Å². The molecule has 0 spiro atoms. The topological polar surface area (TPSA) is 92.8 Å². The molecule has 0 aliphatic rings. The number of anilines is 1. The molecule has 0 aliphatic carbocycles. The fourth-order valence-corrected chi connectivity index (χ4v) is 3.27. The van der Waals surface area contributed by atoms with Crippen LogP contribution in [0.3, 0.4) is 0 Å². The Hall–Kier alpha value is -2.42. The number of nitrogens with one attached hydrogen (secondary N) is 1. The second kappa shape index (κ2) is 8.31. The lowest BCUT2D eigenvalue weighted by molar-refractivity contribution is -0.134. The second-order valence-corrected chi connectivity index (χ2v) is 7.88. The summed E-state index contributed by atoms with van der Waals surface area (Å²) in [5.41, 5.74) is 0.473. The van der Waals surface area contributed by atoms with Gasteiger partial charge in [0.2, 0.25) is 15.9 Å². The van der Waals surface area contributed by atoms with Crippen LogP contribution < -0.4 is 10.1 Å². The second-order valence-electron chi connectivity index (χ2n) is 5.39. The van der Waals surface area contributed by atoms with Crippen molar-refractivity contribution in [3.63, 3.8) is 0 Å². The van der Waals surface area contributed by atoms with Gasteiger partial charge in [0.1, 0.15) is 12.3 Å². The van der Waals surface area contributed by atoms with E-state index in [1.165, 1.54) is 50.4 Å². The minimum Gasteiger partial charge on any atom is -0.426 e. The first-order valence-corrected chi connectivity index (χ1v) is 9.30. The molecular formula is C17H17ClN2O5S. The molecule has 7 nitrogen and oxygen atoms in total. The quantitative estimate of drug-likeness (QED) is 0.598. The van der Waals surface area contributed by atoms with Crippen LogP contribution >= 0.6 is 11.6 Å². The first kappa shape index (κ1) is 19.9. The van der Waals surface area contributed by atoms with Gasteiger partial charge in [-0.1, -0.05) is 11.6 Å². The summed E-state index contributed by atoms with van der Waals surface area (Å²) < 4.78 is 31.0. The van der Waals surface area contributed by atoms with E-state index >= 15 is 0 Å². The highest BCUT2D eigenvalue weighted by molar-refractivity contribution is 7.89. The summed E-state index contributed by atoms with van der Waals surface area (Å²) in [6, 6.07) is 11.8. The van der Waals surface area contributed by atoms with Crippen molar-refractivity contribution in [1.29, 1.82) is 0 Å². The van der Waals surface area contributed by atoms with Crippen LogP contribution in [0.25, 0.3) is 0 Å². The van der Waals surface area contributed by atoms with Crippen LogP contribution in [-0.4, -0.2) is 38.2 Å². The zero-order chi connectivity index (χ0) is 19.3. The summed E-state index contributed by atoms with van der Waals surface area (Å²) in [4.78, 5) is 22.9. The van der Waals surface area contributed by atoms with Crippen molar-refractivity contribution >= 4 is 39.2 Å². The molecule has 0 aliphatic heterocycles. The Morgan fingerprint density at radius 1 is 1.08 bits per heavy atom. The van der Waals surface area contributed by atoms with E-state index in [9.17, 15) is 18.0 Å². The Bertz CT molecular complexity index is 896. The smallest absolute Gasteiger partial charge is 0.326 e. The fraction of sp³-hybridized carbons (Fsp3) is 0.176. The SMILES string of the molecule is CC(=O)Nc1ccc(S(=O)(=O)N(C)CC(=O)Oc2ccc(Cl)cc2)cc1. The van der Waals surface area contributed by atoms with Gasteiger partial charge in [-0.2, -0.15) is 4.31 Å². The molecule has 0 aromatic heterocycles. The summed E-state index contributed by atoms with van der Waals surface area (Å²) in [6.45, 7) is 0.892. The van der Waals surface area contributed by atoms with Crippen molar-refractivity contribution in [2.45, 2.75) is 11.8 Å². The van der Waals surface area contributed by atoms with Gasteiger partial charge in [0.15, 0.2) is 0 Å². The molecule has 2 aromatic carbocycles. The van der Waals surface area contributed by atoms with E-state index in [0.717, 1.165) is 4.31 Å². The maximum absolute atomic E-state index is 12.5. The summed E-state index contributed by atoms with van der Waals surface area (Å²) in [7, 11) is -2.60. The molecule has 1 N–H and O–H groups in total. The number of nitrogens with zero attached hydrogens (tertiary/aromatic N) is 1. The monoisotopic (exact) mass is 396 g/mol. The molecule has 0 radical (unpaired) electrons. The molecule has 0 bridgehead atoms. The van der Waals surface area contributed by atoms with E-state index in [0.29, 0.717) is 10.7 Å². The van der Waals surface area contributed by atoms with Gasteiger partial charge in [0, 0.05) is 24.7 Å². The van der Waals surface area contributed by atoms with Crippen LogP contribution in [0.4, 0.5) is 5.69 Å². The molecule has 0 atom stereocenters. The Morgan fingerprint density at radius 3 is 2.19 bits per heavy atom. The summed E-state index contributed by atoms with van der Waals surface area (Å²) in [5, 5.41) is 3.04. The third-order valence-electron chi connectivity index (χ3n) is 3.28. The molecule has 0 unspecified atom stereocenters. The lowest BCUT2D eigenvalue weighted by atomic mass is 10.3. The van der Waals surface area contributed by atoms with Crippen LogP contribution in [0.15, 0.2) is 53.4 Å². The molecule has 0 fully saturated rings. The van der Waals surface area contributed by atoms with E-state index in [-0.39, 0.29) is 16.6 Å². The maximum atomic E-state index is 12.5. The summed E-state index contributed by atoms with van der Waals surface area (Å²) in [6.07, 6.45) is 0. The molecule has 1 amide bonds. The third-order valence-corrected chi connectivity index (χ3v) is 5.35. The first-order chi connectivity index (χ1) is 12.2. The minimum atomic E-state index is -3.88. The van der Waals surface area contributed by atoms with E-state index in [1.54, 1.807) is 12.1 Å². The van der Waals surface area contributed by atoms with E-state index in [4.69, 9.17) is 16.3 Å². The third kappa shape index (κ3) is 5.29. The number of amides is 1. The molecule has 2 aromatic rings. The Morgan fingerprint density at radius 2 is 1.65 bits per heavy atom. The molecule has 0 heterocycles. The van der Waals surface area contributed by atoms with Gasteiger partial charge in [-0.05, 0) is 48.5 Å². The van der Waals surface area contributed by atoms with Gasteiger partial charge in [0.05, 0.1) is 4.90 Å². The largest absolute Gasteiger partial charge is 0.426 e. The lowest BCUT2D eigenvalue weighted by Gasteiger charge is -2.16. The number of rotatable bonds is 6. The predicted molar refractivity (Wildman–Crippen MR) is 97.6 cm³/mol.